The van der Waals surface area contributed by atoms with Crippen LogP contribution in [0.4, 0.5) is 0 Å². The molecule has 0 aliphatic heterocycles. The first-order valence-corrected chi connectivity index (χ1v) is 8.10. The lowest BCUT2D eigenvalue weighted by atomic mass is 10.1. The summed E-state index contributed by atoms with van der Waals surface area (Å²) >= 11 is 1.51. The number of hydrogen-bond acceptors (Lipinski definition) is 5. The summed E-state index contributed by atoms with van der Waals surface area (Å²) in [5.74, 6) is -0.496. The minimum atomic E-state index is -0.620. The van der Waals surface area contributed by atoms with Crippen LogP contribution in [0.15, 0.2) is 56.4 Å². The van der Waals surface area contributed by atoms with Gasteiger partial charge in [0.1, 0.15) is 5.58 Å². The summed E-state index contributed by atoms with van der Waals surface area (Å²) in [6, 6.07) is 9.81. The summed E-state index contributed by atoms with van der Waals surface area (Å²) in [5, 5.41) is 16.8. The average Bonchev–Trinajstić information content (AvgIpc) is 3.09. The van der Waals surface area contributed by atoms with Crippen molar-refractivity contribution in [3.05, 3.63) is 68.7 Å². The molecule has 0 saturated carbocycles. The number of fused-ring (bicyclic) bond motifs is 1. The first-order valence-electron chi connectivity index (χ1n) is 7.16. The first kappa shape index (κ1) is 15.5. The summed E-state index contributed by atoms with van der Waals surface area (Å²) in [6.07, 6.45) is -0.231. The number of rotatable bonds is 5. The maximum absolute atomic E-state index is 12.1. The molecule has 0 bridgehead atoms. The monoisotopic (exact) mass is 329 g/mol. The molecule has 118 valence electrons. The maximum atomic E-state index is 12.1. The van der Waals surface area contributed by atoms with E-state index < -0.39 is 12.0 Å². The number of amides is 1. The Morgan fingerprint density at radius 1 is 1.30 bits per heavy atom. The van der Waals surface area contributed by atoms with E-state index in [2.05, 4.69) is 5.32 Å². The topological polar surface area (TPSA) is 79.5 Å². The number of nitrogens with one attached hydrogen (secondary N) is 1. The Morgan fingerprint density at radius 3 is 2.91 bits per heavy atom. The fourth-order valence-corrected chi connectivity index (χ4v) is 2.96. The number of carbonyl (C=O) groups is 1. The van der Waals surface area contributed by atoms with Crippen molar-refractivity contribution < 1.29 is 14.3 Å². The molecule has 3 aromatic rings. The van der Waals surface area contributed by atoms with Crippen LogP contribution in [0.1, 0.15) is 28.6 Å². The number of aliphatic hydroxyl groups excluding tert-OH is 1. The quantitative estimate of drug-likeness (QED) is 0.754. The van der Waals surface area contributed by atoms with Gasteiger partial charge >= 0.3 is 0 Å². The molecule has 1 unspecified atom stereocenters. The van der Waals surface area contributed by atoms with Gasteiger partial charge in [-0.05, 0) is 40.9 Å². The highest BCUT2D eigenvalue weighted by Gasteiger charge is 2.13. The Balaban J connectivity index is 1.65. The van der Waals surface area contributed by atoms with E-state index in [1.54, 1.807) is 24.3 Å². The lowest BCUT2D eigenvalue weighted by molar-refractivity contribution is 0.0915. The van der Waals surface area contributed by atoms with E-state index in [1.165, 1.54) is 17.4 Å². The Bertz CT molecular complexity index is 870. The molecule has 0 aliphatic carbocycles. The number of hydrogen-bond donors (Lipinski definition) is 2. The lowest BCUT2D eigenvalue weighted by Crippen LogP contribution is -2.26. The van der Waals surface area contributed by atoms with Crippen LogP contribution in [-0.2, 0) is 0 Å². The summed E-state index contributed by atoms with van der Waals surface area (Å²) < 4.78 is 5.46. The molecule has 2 N–H and O–H groups in total. The second-order valence-corrected chi connectivity index (χ2v) is 5.87. The van der Waals surface area contributed by atoms with E-state index in [9.17, 15) is 14.7 Å². The second kappa shape index (κ2) is 6.76. The molecule has 0 radical (unpaired) electrons. The van der Waals surface area contributed by atoms with Gasteiger partial charge in [-0.2, -0.15) is 11.3 Å². The third-order valence-corrected chi connectivity index (χ3v) is 4.19. The fourth-order valence-electron chi connectivity index (χ4n) is 2.26. The van der Waals surface area contributed by atoms with Crippen molar-refractivity contribution in [2.24, 2.45) is 0 Å². The number of para-hydroxylation sites is 1. The second-order valence-electron chi connectivity index (χ2n) is 5.09. The zero-order chi connectivity index (χ0) is 16.2. The van der Waals surface area contributed by atoms with Crippen molar-refractivity contribution in [1.82, 2.24) is 5.32 Å². The molecular weight excluding hydrogens is 314 g/mol. The summed E-state index contributed by atoms with van der Waals surface area (Å²) in [7, 11) is 0. The van der Waals surface area contributed by atoms with Crippen molar-refractivity contribution >= 4 is 28.2 Å². The Kier molecular flexibility index (Phi) is 4.55. The molecule has 6 heteroatoms. The van der Waals surface area contributed by atoms with Gasteiger partial charge in [-0.3, -0.25) is 9.59 Å². The zero-order valence-electron chi connectivity index (χ0n) is 12.2. The van der Waals surface area contributed by atoms with E-state index in [1.807, 2.05) is 16.8 Å². The van der Waals surface area contributed by atoms with E-state index >= 15 is 0 Å². The van der Waals surface area contributed by atoms with Crippen molar-refractivity contribution in [2.75, 3.05) is 6.54 Å². The van der Waals surface area contributed by atoms with Crippen LogP contribution in [0.2, 0.25) is 0 Å². The normalized spacial score (nSPS) is 12.2. The highest BCUT2D eigenvalue weighted by Crippen LogP contribution is 2.18. The molecule has 1 amide bonds. The van der Waals surface area contributed by atoms with Gasteiger partial charge in [0.25, 0.3) is 5.91 Å². The van der Waals surface area contributed by atoms with Crippen LogP contribution >= 0.6 is 11.3 Å². The molecule has 0 saturated heterocycles. The van der Waals surface area contributed by atoms with Gasteiger partial charge in [0, 0.05) is 12.6 Å². The number of aliphatic hydroxyl groups is 1. The third-order valence-electron chi connectivity index (χ3n) is 3.49. The largest absolute Gasteiger partial charge is 0.451 e. The fraction of sp³-hybridized carbons (Fsp3) is 0.176. The van der Waals surface area contributed by atoms with Crippen LogP contribution < -0.4 is 10.7 Å². The highest BCUT2D eigenvalue weighted by atomic mass is 32.1. The molecular formula is C17H15NO4S. The molecule has 23 heavy (non-hydrogen) atoms. The van der Waals surface area contributed by atoms with Crippen LogP contribution in [0.25, 0.3) is 11.0 Å². The number of benzene rings is 1. The van der Waals surface area contributed by atoms with Gasteiger partial charge in [-0.25, -0.2) is 0 Å². The smallest absolute Gasteiger partial charge is 0.287 e. The van der Waals surface area contributed by atoms with Crippen molar-refractivity contribution in [1.29, 1.82) is 0 Å². The van der Waals surface area contributed by atoms with Crippen molar-refractivity contribution in [3.63, 3.8) is 0 Å². The molecule has 2 aromatic heterocycles. The Hall–Kier alpha value is -2.44. The van der Waals surface area contributed by atoms with Gasteiger partial charge in [0.15, 0.2) is 11.2 Å². The number of carbonyl (C=O) groups excluding carboxylic acids is 1. The molecule has 1 aromatic carbocycles. The van der Waals surface area contributed by atoms with Gasteiger partial charge < -0.3 is 14.8 Å². The molecule has 3 rings (SSSR count). The predicted molar refractivity (Wildman–Crippen MR) is 88.7 cm³/mol. The van der Waals surface area contributed by atoms with E-state index in [4.69, 9.17) is 4.42 Å². The van der Waals surface area contributed by atoms with Crippen LogP contribution in [0.3, 0.4) is 0 Å². The zero-order valence-corrected chi connectivity index (χ0v) is 13.0. The summed E-state index contributed by atoms with van der Waals surface area (Å²) in [4.78, 5) is 24.0. The number of thiophene rings is 1. The van der Waals surface area contributed by atoms with E-state index in [0.29, 0.717) is 17.4 Å². The average molecular weight is 329 g/mol. The van der Waals surface area contributed by atoms with E-state index in [0.717, 1.165) is 5.56 Å². The minimum Gasteiger partial charge on any atom is -0.451 e. The minimum absolute atomic E-state index is 0.0290. The third kappa shape index (κ3) is 3.49. The van der Waals surface area contributed by atoms with Gasteiger partial charge in [-0.15, -0.1) is 0 Å². The van der Waals surface area contributed by atoms with Crippen LogP contribution in [0, 0.1) is 0 Å². The molecule has 0 fully saturated rings. The first-order chi connectivity index (χ1) is 11.1. The Morgan fingerprint density at radius 2 is 2.13 bits per heavy atom. The van der Waals surface area contributed by atoms with Crippen molar-refractivity contribution in [3.8, 4) is 0 Å². The van der Waals surface area contributed by atoms with E-state index in [-0.39, 0.29) is 17.7 Å². The van der Waals surface area contributed by atoms with Crippen molar-refractivity contribution in [2.45, 2.75) is 12.5 Å². The summed E-state index contributed by atoms with van der Waals surface area (Å²) in [5.41, 5.74) is 0.959. The molecule has 1 atom stereocenters. The van der Waals surface area contributed by atoms with Crippen LogP contribution in [-0.4, -0.2) is 17.6 Å². The molecule has 2 heterocycles. The van der Waals surface area contributed by atoms with Crippen LogP contribution in [0.5, 0.6) is 0 Å². The lowest BCUT2D eigenvalue weighted by Gasteiger charge is -2.09. The molecule has 0 aliphatic rings. The molecule has 5 nitrogen and oxygen atoms in total. The SMILES string of the molecule is O=C(NCCC(O)c1ccsc1)c1cc(=O)c2ccccc2o1. The van der Waals surface area contributed by atoms with Gasteiger partial charge in [0.2, 0.25) is 0 Å². The summed E-state index contributed by atoms with van der Waals surface area (Å²) in [6.45, 7) is 0.284. The van der Waals surface area contributed by atoms with Gasteiger partial charge in [-0.1, -0.05) is 12.1 Å². The standard InChI is InChI=1S/C17H15NO4S/c19-13(11-6-8-23-10-11)5-7-18-17(21)16-9-14(20)12-3-1-2-4-15(12)22-16/h1-4,6,8-10,13,19H,5,7H2,(H,18,21). The highest BCUT2D eigenvalue weighted by molar-refractivity contribution is 7.07. The Labute approximate surface area is 136 Å². The molecule has 0 spiro atoms. The van der Waals surface area contributed by atoms with Gasteiger partial charge in [0.05, 0.1) is 11.5 Å². The maximum Gasteiger partial charge on any atom is 0.287 e. The predicted octanol–water partition coefficient (Wildman–Crippen LogP) is 2.71.